The van der Waals surface area contributed by atoms with Gasteiger partial charge in [0.1, 0.15) is 6.54 Å². The van der Waals surface area contributed by atoms with E-state index in [9.17, 15) is 13.2 Å². The van der Waals surface area contributed by atoms with Crippen molar-refractivity contribution >= 4 is 23.0 Å². The number of hydrogen-bond acceptors (Lipinski definition) is 3. The van der Waals surface area contributed by atoms with Gasteiger partial charge in [-0.1, -0.05) is 11.6 Å². The van der Waals surface area contributed by atoms with Crippen molar-refractivity contribution in [1.82, 2.24) is 0 Å². The van der Waals surface area contributed by atoms with Crippen LogP contribution in [0.4, 0.5) is 24.5 Å². The molecule has 96 valence electrons. The maximum absolute atomic E-state index is 12.3. The van der Waals surface area contributed by atoms with E-state index in [-0.39, 0.29) is 17.9 Å². The van der Waals surface area contributed by atoms with Gasteiger partial charge in [-0.25, -0.2) is 0 Å². The van der Waals surface area contributed by atoms with Crippen LogP contribution in [0.2, 0.25) is 5.02 Å². The molecule has 0 radical (unpaired) electrons. The molecule has 0 amide bonds. The Morgan fingerprint density at radius 3 is 2.47 bits per heavy atom. The number of benzene rings is 1. The third-order valence-corrected chi connectivity index (χ3v) is 2.31. The van der Waals surface area contributed by atoms with Crippen LogP contribution in [-0.2, 0) is 0 Å². The summed E-state index contributed by atoms with van der Waals surface area (Å²) in [7, 11) is 0. The maximum atomic E-state index is 12.3. The molecule has 0 atom stereocenters. The molecule has 0 aliphatic heterocycles. The van der Waals surface area contributed by atoms with E-state index in [1.807, 2.05) is 0 Å². The molecule has 0 saturated heterocycles. The van der Waals surface area contributed by atoms with Crippen LogP contribution in [-0.4, -0.2) is 31.0 Å². The molecule has 0 aliphatic carbocycles. The highest BCUT2D eigenvalue weighted by molar-refractivity contribution is 6.31. The molecule has 1 aromatic rings. The van der Waals surface area contributed by atoms with Gasteiger partial charge in [-0.2, -0.15) is 13.2 Å². The molecular weight excluding hydrogens is 257 g/mol. The molecule has 17 heavy (non-hydrogen) atoms. The van der Waals surface area contributed by atoms with Crippen molar-refractivity contribution < 1.29 is 18.3 Å². The molecule has 0 unspecified atom stereocenters. The largest absolute Gasteiger partial charge is 0.405 e. The lowest BCUT2D eigenvalue weighted by Crippen LogP contribution is -2.36. The summed E-state index contributed by atoms with van der Waals surface area (Å²) in [5.74, 6) is 0. The Kier molecular flexibility index (Phi) is 4.47. The molecule has 0 aromatic heterocycles. The van der Waals surface area contributed by atoms with Crippen molar-refractivity contribution in [1.29, 1.82) is 0 Å². The second-order valence-corrected chi connectivity index (χ2v) is 3.90. The second kappa shape index (κ2) is 5.46. The summed E-state index contributed by atoms with van der Waals surface area (Å²) in [4.78, 5) is 0.964. The summed E-state index contributed by atoms with van der Waals surface area (Å²) >= 11 is 5.66. The Balaban J connectivity index is 2.97. The molecular formula is C10H12ClF3N2O. The van der Waals surface area contributed by atoms with E-state index in [0.717, 1.165) is 4.90 Å². The van der Waals surface area contributed by atoms with Crippen LogP contribution in [0.25, 0.3) is 0 Å². The van der Waals surface area contributed by atoms with E-state index in [1.54, 1.807) is 0 Å². The lowest BCUT2D eigenvalue weighted by molar-refractivity contribution is -0.119. The van der Waals surface area contributed by atoms with Crippen LogP contribution >= 0.6 is 11.6 Å². The minimum Gasteiger partial charge on any atom is -0.397 e. The van der Waals surface area contributed by atoms with Gasteiger partial charge >= 0.3 is 6.18 Å². The molecule has 3 N–H and O–H groups in total. The van der Waals surface area contributed by atoms with Gasteiger partial charge in [-0.3, -0.25) is 0 Å². The number of halogens is 4. The van der Waals surface area contributed by atoms with E-state index in [0.29, 0.717) is 5.02 Å². The van der Waals surface area contributed by atoms with Crippen molar-refractivity contribution in [2.24, 2.45) is 0 Å². The molecule has 0 bridgehead atoms. The zero-order valence-electron chi connectivity index (χ0n) is 8.84. The van der Waals surface area contributed by atoms with Crippen LogP contribution in [0.3, 0.4) is 0 Å². The third-order valence-electron chi connectivity index (χ3n) is 2.07. The first-order chi connectivity index (χ1) is 7.83. The Bertz CT molecular complexity index is 384. The first kappa shape index (κ1) is 13.9. The number of hydrogen-bond donors (Lipinski definition) is 2. The average molecular weight is 269 g/mol. The Labute approximate surface area is 102 Å². The standard InChI is InChI=1S/C10H12ClF3N2O/c11-7-1-2-9(8(15)5-7)16(3-4-17)6-10(12,13)14/h1-2,5,17H,3-4,6,15H2. The van der Waals surface area contributed by atoms with E-state index in [1.165, 1.54) is 18.2 Å². The first-order valence-corrected chi connectivity index (χ1v) is 5.19. The van der Waals surface area contributed by atoms with E-state index < -0.39 is 19.3 Å². The number of alkyl halides is 3. The Morgan fingerprint density at radius 2 is 2.00 bits per heavy atom. The molecule has 0 fully saturated rings. The van der Waals surface area contributed by atoms with E-state index >= 15 is 0 Å². The van der Waals surface area contributed by atoms with Crippen molar-refractivity contribution in [2.75, 3.05) is 30.3 Å². The van der Waals surface area contributed by atoms with E-state index in [2.05, 4.69) is 0 Å². The summed E-state index contributed by atoms with van der Waals surface area (Å²) in [5.41, 5.74) is 5.95. The fourth-order valence-electron chi connectivity index (χ4n) is 1.44. The molecule has 7 heteroatoms. The lowest BCUT2D eigenvalue weighted by atomic mass is 10.2. The number of nitrogen functional groups attached to an aromatic ring is 1. The lowest BCUT2D eigenvalue weighted by Gasteiger charge is -2.26. The minimum absolute atomic E-state index is 0.147. The van der Waals surface area contributed by atoms with Gasteiger partial charge in [0.05, 0.1) is 18.0 Å². The zero-order valence-corrected chi connectivity index (χ0v) is 9.59. The second-order valence-electron chi connectivity index (χ2n) is 3.46. The number of aliphatic hydroxyl groups is 1. The summed E-state index contributed by atoms with van der Waals surface area (Å²) in [5, 5.41) is 9.11. The van der Waals surface area contributed by atoms with Gasteiger partial charge in [0, 0.05) is 11.6 Å². The molecule has 0 spiro atoms. The fraction of sp³-hybridized carbons (Fsp3) is 0.400. The van der Waals surface area contributed by atoms with Crippen LogP contribution in [0.1, 0.15) is 0 Å². The predicted octanol–water partition coefficient (Wildman–Crippen LogP) is 2.28. The van der Waals surface area contributed by atoms with E-state index in [4.69, 9.17) is 22.4 Å². The highest BCUT2D eigenvalue weighted by Gasteiger charge is 2.31. The molecule has 1 rings (SSSR count). The van der Waals surface area contributed by atoms with Gasteiger partial charge in [0.2, 0.25) is 0 Å². The molecule has 3 nitrogen and oxygen atoms in total. The van der Waals surface area contributed by atoms with Crippen LogP contribution in [0, 0.1) is 0 Å². The Morgan fingerprint density at radius 1 is 1.35 bits per heavy atom. The number of nitrogens with zero attached hydrogens (tertiary/aromatic N) is 1. The SMILES string of the molecule is Nc1cc(Cl)ccc1N(CCO)CC(F)(F)F. The van der Waals surface area contributed by atoms with Crippen LogP contribution < -0.4 is 10.6 Å². The summed E-state index contributed by atoms with van der Waals surface area (Å²) in [6, 6.07) is 4.23. The van der Waals surface area contributed by atoms with Gasteiger partial charge < -0.3 is 15.7 Å². The van der Waals surface area contributed by atoms with Gasteiger partial charge in [0.25, 0.3) is 0 Å². The molecule has 0 aliphatic rings. The molecule has 0 heterocycles. The highest BCUT2D eigenvalue weighted by atomic mass is 35.5. The molecule has 1 aromatic carbocycles. The highest BCUT2D eigenvalue weighted by Crippen LogP contribution is 2.29. The topological polar surface area (TPSA) is 49.5 Å². The quantitative estimate of drug-likeness (QED) is 0.824. The number of aliphatic hydroxyl groups excluding tert-OH is 1. The summed E-state index contributed by atoms with van der Waals surface area (Å²) in [6.07, 6.45) is -4.36. The first-order valence-electron chi connectivity index (χ1n) is 4.81. The average Bonchev–Trinajstić information content (AvgIpc) is 2.14. The molecule has 0 saturated carbocycles. The van der Waals surface area contributed by atoms with Crippen LogP contribution in [0.15, 0.2) is 18.2 Å². The van der Waals surface area contributed by atoms with Crippen molar-refractivity contribution in [3.05, 3.63) is 23.2 Å². The monoisotopic (exact) mass is 268 g/mol. The zero-order chi connectivity index (χ0) is 13.1. The number of rotatable bonds is 4. The fourth-order valence-corrected chi connectivity index (χ4v) is 1.62. The third kappa shape index (κ3) is 4.32. The van der Waals surface area contributed by atoms with Crippen LogP contribution in [0.5, 0.6) is 0 Å². The number of anilines is 2. The summed E-state index contributed by atoms with van der Waals surface area (Å²) in [6.45, 7) is -1.71. The van der Waals surface area contributed by atoms with Gasteiger partial charge in [-0.05, 0) is 18.2 Å². The predicted molar refractivity (Wildman–Crippen MR) is 61.2 cm³/mol. The normalized spacial score (nSPS) is 11.6. The summed E-state index contributed by atoms with van der Waals surface area (Å²) < 4.78 is 37.0. The van der Waals surface area contributed by atoms with Gasteiger partial charge in [-0.15, -0.1) is 0 Å². The number of nitrogens with two attached hydrogens (primary N) is 1. The maximum Gasteiger partial charge on any atom is 0.405 e. The smallest absolute Gasteiger partial charge is 0.397 e. The van der Waals surface area contributed by atoms with Gasteiger partial charge in [0.15, 0.2) is 0 Å². The van der Waals surface area contributed by atoms with Crippen molar-refractivity contribution in [3.63, 3.8) is 0 Å². The minimum atomic E-state index is -4.36. The Hall–Kier alpha value is -1.14. The van der Waals surface area contributed by atoms with Crippen molar-refractivity contribution in [2.45, 2.75) is 6.18 Å². The van der Waals surface area contributed by atoms with Crippen molar-refractivity contribution in [3.8, 4) is 0 Å².